The Morgan fingerprint density at radius 1 is 1.12 bits per heavy atom. The lowest BCUT2D eigenvalue weighted by atomic mass is 9.77. The molecule has 1 atom stereocenters. The summed E-state index contributed by atoms with van der Waals surface area (Å²) in [6.45, 7) is 10.5. The van der Waals surface area contributed by atoms with Gasteiger partial charge in [-0.1, -0.05) is 6.07 Å². The monoisotopic (exact) mass is 359 g/mol. The molecule has 1 unspecified atom stereocenters. The molecule has 0 N–H and O–H groups in total. The molecule has 0 aromatic carbocycles. The maximum absolute atomic E-state index is 6.12. The molecule has 2 aliphatic rings. The highest BCUT2D eigenvalue weighted by Crippen LogP contribution is 2.38. The Morgan fingerprint density at radius 3 is 2.23 bits per heavy atom. The predicted molar refractivity (Wildman–Crippen MR) is 106 cm³/mol. The van der Waals surface area contributed by atoms with E-state index in [1.54, 1.807) is 0 Å². The van der Waals surface area contributed by atoms with Gasteiger partial charge in [-0.2, -0.15) is 0 Å². The van der Waals surface area contributed by atoms with Crippen LogP contribution < -0.4 is 5.46 Å². The van der Waals surface area contributed by atoms with Gasteiger partial charge in [0.15, 0.2) is 0 Å². The van der Waals surface area contributed by atoms with E-state index in [-0.39, 0.29) is 18.3 Å². The van der Waals surface area contributed by atoms with Gasteiger partial charge in [-0.05, 0) is 78.7 Å². The highest BCUT2D eigenvalue weighted by atomic mass is 16.7. The Morgan fingerprint density at radius 2 is 1.73 bits per heavy atom. The van der Waals surface area contributed by atoms with Gasteiger partial charge < -0.3 is 14.0 Å². The summed E-state index contributed by atoms with van der Waals surface area (Å²) in [6, 6.07) is 4.30. The van der Waals surface area contributed by atoms with Crippen LogP contribution in [-0.4, -0.2) is 36.5 Å². The van der Waals surface area contributed by atoms with Gasteiger partial charge in [0, 0.05) is 30.4 Å². The molecule has 3 rings (SSSR count). The molecule has 1 saturated heterocycles. The van der Waals surface area contributed by atoms with Crippen LogP contribution in [0.1, 0.15) is 78.3 Å². The molecule has 26 heavy (non-hydrogen) atoms. The molecule has 5 heteroatoms. The number of rotatable bonds is 5. The molecule has 1 saturated carbocycles. The van der Waals surface area contributed by atoms with Gasteiger partial charge in [0.1, 0.15) is 0 Å². The van der Waals surface area contributed by atoms with E-state index in [1.165, 1.54) is 37.8 Å². The minimum atomic E-state index is -0.326. The van der Waals surface area contributed by atoms with Gasteiger partial charge in [0.2, 0.25) is 0 Å². The Labute approximate surface area is 159 Å². The fraction of sp³-hybridized carbons (Fsp3) is 0.762. The first kappa shape index (κ1) is 19.8. The number of hydrogen-bond acceptors (Lipinski definition) is 4. The van der Waals surface area contributed by atoms with Crippen molar-refractivity contribution < 1.29 is 14.0 Å². The van der Waals surface area contributed by atoms with Crippen LogP contribution in [0.2, 0.25) is 0 Å². The molecule has 1 aliphatic carbocycles. The molecule has 1 aromatic heterocycles. The van der Waals surface area contributed by atoms with Crippen LogP contribution in [0.3, 0.4) is 0 Å². The highest BCUT2D eigenvalue weighted by molar-refractivity contribution is 6.62. The molecule has 0 spiro atoms. The van der Waals surface area contributed by atoms with Gasteiger partial charge in [-0.15, -0.1) is 0 Å². The molecule has 0 bridgehead atoms. The number of nitrogens with zero attached hydrogens (tertiary/aromatic N) is 1. The summed E-state index contributed by atoms with van der Waals surface area (Å²) in [5.41, 5.74) is 1.60. The van der Waals surface area contributed by atoms with Crippen LogP contribution >= 0.6 is 0 Å². The zero-order chi connectivity index (χ0) is 18.9. The average Bonchev–Trinajstić information content (AvgIpc) is 2.83. The highest BCUT2D eigenvalue weighted by Gasteiger charge is 2.51. The first-order valence-corrected chi connectivity index (χ1v) is 10.1. The number of hydrogen-bond donors (Lipinski definition) is 0. The minimum absolute atomic E-state index is 0.311. The van der Waals surface area contributed by atoms with Crippen molar-refractivity contribution in [3.8, 4) is 0 Å². The largest absolute Gasteiger partial charge is 0.496 e. The van der Waals surface area contributed by atoms with Crippen molar-refractivity contribution in [2.45, 2.75) is 89.9 Å². The van der Waals surface area contributed by atoms with Crippen molar-refractivity contribution in [3.63, 3.8) is 0 Å². The van der Waals surface area contributed by atoms with Crippen LogP contribution in [0.4, 0.5) is 0 Å². The molecule has 4 nitrogen and oxygen atoms in total. The van der Waals surface area contributed by atoms with E-state index in [1.807, 2.05) is 13.3 Å². The van der Waals surface area contributed by atoms with Crippen molar-refractivity contribution in [2.24, 2.45) is 5.92 Å². The van der Waals surface area contributed by atoms with Crippen LogP contribution in [0.5, 0.6) is 0 Å². The summed E-state index contributed by atoms with van der Waals surface area (Å²) >= 11 is 0. The molecular weight excluding hydrogens is 325 g/mol. The predicted octanol–water partition coefficient (Wildman–Crippen LogP) is 4.08. The molecule has 1 aliphatic heterocycles. The van der Waals surface area contributed by atoms with Crippen LogP contribution in [0.15, 0.2) is 18.3 Å². The molecular formula is C21H34BNO3. The summed E-state index contributed by atoms with van der Waals surface area (Å²) in [5.74, 6) is 1.38. The second-order valence-electron chi connectivity index (χ2n) is 9.10. The lowest BCUT2D eigenvalue weighted by Gasteiger charge is -2.32. The fourth-order valence-electron chi connectivity index (χ4n) is 4.04. The van der Waals surface area contributed by atoms with Gasteiger partial charge >= 0.3 is 7.12 Å². The van der Waals surface area contributed by atoms with E-state index in [9.17, 15) is 0 Å². The lowest BCUT2D eigenvalue weighted by Crippen LogP contribution is -2.41. The molecule has 2 heterocycles. The van der Waals surface area contributed by atoms with Crippen molar-refractivity contribution in [1.82, 2.24) is 4.98 Å². The topological polar surface area (TPSA) is 40.6 Å². The second-order valence-corrected chi connectivity index (χ2v) is 9.10. The molecule has 144 valence electrons. The SMILES string of the molecule is COC(C)CC1CCC(c2ccc(B3OC(C)(C)C(C)(C)O3)cn2)CC1. The third-order valence-corrected chi connectivity index (χ3v) is 6.67. The van der Waals surface area contributed by atoms with E-state index >= 15 is 0 Å². The third kappa shape index (κ3) is 4.15. The number of methoxy groups -OCH3 is 1. The molecule has 0 radical (unpaired) electrons. The smallest absolute Gasteiger partial charge is 0.399 e. The normalized spacial score (nSPS) is 28.9. The quantitative estimate of drug-likeness (QED) is 0.743. The molecule has 2 fully saturated rings. The van der Waals surface area contributed by atoms with Gasteiger partial charge in [-0.25, -0.2) is 0 Å². The second kappa shape index (κ2) is 7.61. The summed E-state index contributed by atoms with van der Waals surface area (Å²) < 4.78 is 17.7. The molecule has 1 aromatic rings. The zero-order valence-electron chi connectivity index (χ0n) is 17.2. The minimum Gasteiger partial charge on any atom is -0.399 e. The van der Waals surface area contributed by atoms with E-state index in [2.05, 4.69) is 46.8 Å². The van der Waals surface area contributed by atoms with E-state index in [0.717, 1.165) is 11.4 Å². The summed E-state index contributed by atoms with van der Waals surface area (Å²) in [6.07, 6.45) is 8.49. The average molecular weight is 359 g/mol. The first-order chi connectivity index (χ1) is 12.2. The maximum atomic E-state index is 6.12. The van der Waals surface area contributed by atoms with Gasteiger partial charge in [0.25, 0.3) is 0 Å². The standard InChI is InChI=1S/C21H34BNO3/c1-15(24-6)13-16-7-9-17(10-8-16)19-12-11-18(14-23-19)22-25-20(2,3)21(4,5)26-22/h11-12,14-17H,7-10,13H2,1-6H3. The Kier molecular flexibility index (Phi) is 5.81. The van der Waals surface area contributed by atoms with E-state index < -0.39 is 0 Å². The van der Waals surface area contributed by atoms with Crippen molar-refractivity contribution in [1.29, 1.82) is 0 Å². The number of aromatic nitrogens is 1. The van der Waals surface area contributed by atoms with E-state index in [4.69, 9.17) is 19.0 Å². The van der Waals surface area contributed by atoms with Crippen molar-refractivity contribution >= 4 is 12.6 Å². The Hall–Kier alpha value is -0.905. The van der Waals surface area contributed by atoms with Crippen molar-refractivity contribution in [3.05, 3.63) is 24.0 Å². The zero-order valence-corrected chi connectivity index (χ0v) is 17.2. The lowest BCUT2D eigenvalue weighted by molar-refractivity contribution is 0.00578. The van der Waals surface area contributed by atoms with Gasteiger partial charge in [-0.3, -0.25) is 4.98 Å². The fourth-order valence-corrected chi connectivity index (χ4v) is 4.04. The number of pyridine rings is 1. The van der Waals surface area contributed by atoms with Crippen LogP contribution in [0, 0.1) is 5.92 Å². The summed E-state index contributed by atoms with van der Waals surface area (Å²) in [7, 11) is 1.48. The number of ether oxygens (including phenoxy) is 1. The maximum Gasteiger partial charge on any atom is 0.496 e. The van der Waals surface area contributed by atoms with Crippen LogP contribution in [-0.2, 0) is 14.0 Å². The molecule has 0 amide bonds. The summed E-state index contributed by atoms with van der Waals surface area (Å²) in [4.78, 5) is 4.76. The van der Waals surface area contributed by atoms with Gasteiger partial charge in [0.05, 0.1) is 17.3 Å². The first-order valence-electron chi connectivity index (χ1n) is 10.1. The third-order valence-electron chi connectivity index (χ3n) is 6.67. The Balaban J connectivity index is 1.58. The summed E-state index contributed by atoms with van der Waals surface area (Å²) in [5, 5.41) is 0. The van der Waals surface area contributed by atoms with E-state index in [0.29, 0.717) is 12.0 Å². The van der Waals surface area contributed by atoms with Crippen molar-refractivity contribution in [2.75, 3.05) is 7.11 Å². The van der Waals surface area contributed by atoms with Crippen LogP contribution in [0.25, 0.3) is 0 Å². The Bertz CT molecular complexity index is 578.